The molecule has 0 aliphatic heterocycles. The van der Waals surface area contributed by atoms with Crippen LogP contribution in [-0.4, -0.2) is 47.3 Å². The topological polar surface area (TPSA) is 156 Å². The molecule has 290 valence electrons. The van der Waals surface area contributed by atoms with Crippen LogP contribution >= 0.6 is 0 Å². The number of fused-ring (bicyclic) bond motifs is 4. The minimum atomic E-state index is -0.648. The predicted octanol–water partition coefficient (Wildman–Crippen LogP) is 10.8. The number of hydrogen-bond acceptors (Lipinski definition) is 10. The van der Waals surface area contributed by atoms with Gasteiger partial charge < -0.3 is 32.8 Å². The van der Waals surface area contributed by atoms with E-state index in [2.05, 4.69) is 4.98 Å². The lowest BCUT2D eigenvalue weighted by Gasteiger charge is -2.11. The summed E-state index contributed by atoms with van der Waals surface area (Å²) in [5.74, 6) is -0.819. The Morgan fingerprint density at radius 3 is 1.73 bits per heavy atom. The van der Waals surface area contributed by atoms with E-state index in [0.717, 1.165) is 10.9 Å². The summed E-state index contributed by atoms with van der Waals surface area (Å²) >= 11 is 0. The van der Waals surface area contributed by atoms with E-state index in [1.165, 1.54) is 48.5 Å². The van der Waals surface area contributed by atoms with Crippen molar-refractivity contribution in [1.29, 1.82) is 0 Å². The lowest BCUT2D eigenvalue weighted by Crippen LogP contribution is -2.08. The minimum Gasteiger partial charge on any atom is -0.489 e. The average molecular weight is 769 g/mol. The fourth-order valence-electron chi connectivity index (χ4n) is 6.12. The van der Waals surface area contributed by atoms with E-state index in [1.807, 2.05) is 19.9 Å². The second-order valence-electron chi connectivity index (χ2n) is 13.0. The van der Waals surface area contributed by atoms with Gasteiger partial charge in [-0.1, -0.05) is 0 Å². The second kappa shape index (κ2) is 16.3. The molecule has 0 fully saturated rings. The Balaban J connectivity index is 0.000000190. The molecular weight excluding hydrogens is 730 g/mol. The number of aromatic amines is 1. The molecule has 3 heterocycles. The maximum Gasteiger partial charge on any atom is 0.342 e. The largest absolute Gasteiger partial charge is 0.489 e. The van der Waals surface area contributed by atoms with E-state index in [9.17, 15) is 28.5 Å². The molecule has 0 spiro atoms. The van der Waals surface area contributed by atoms with E-state index in [0.29, 0.717) is 44.6 Å². The lowest BCUT2D eigenvalue weighted by atomic mass is 10.0. The summed E-state index contributed by atoms with van der Waals surface area (Å²) in [6.07, 6.45) is 1.44. The average Bonchev–Trinajstić information content (AvgIpc) is 3.88. The molecule has 0 bridgehead atoms. The van der Waals surface area contributed by atoms with E-state index in [-0.39, 0.29) is 59.6 Å². The van der Waals surface area contributed by atoms with Gasteiger partial charge >= 0.3 is 17.6 Å². The smallest absolute Gasteiger partial charge is 0.342 e. The Morgan fingerprint density at radius 1 is 0.714 bits per heavy atom. The molecule has 4 aromatic carbocycles. The number of halogens is 2. The predicted molar refractivity (Wildman–Crippen MR) is 205 cm³/mol. The van der Waals surface area contributed by atoms with Crippen LogP contribution in [0.2, 0.25) is 0 Å². The number of nitro benzene ring substituents is 1. The summed E-state index contributed by atoms with van der Waals surface area (Å²) in [5.41, 5.74) is 2.63. The van der Waals surface area contributed by atoms with Gasteiger partial charge in [0, 0.05) is 33.5 Å². The number of benzene rings is 4. The molecule has 7 aromatic rings. The Kier molecular flexibility index (Phi) is 11.4. The molecule has 3 aromatic heterocycles. The molecule has 7 rings (SSSR count). The summed E-state index contributed by atoms with van der Waals surface area (Å²) in [4.78, 5) is 39.4. The van der Waals surface area contributed by atoms with Gasteiger partial charge in [-0.3, -0.25) is 10.1 Å². The maximum absolute atomic E-state index is 13.4. The highest BCUT2D eigenvalue weighted by molar-refractivity contribution is 6.16. The zero-order chi connectivity index (χ0) is 40.3. The first-order chi connectivity index (χ1) is 26.8. The SMILES string of the molecule is CCOC(=O)c1c(-c2ccc(F)cc2)oc2c1cc(OC(C)C)c1[nH]ccc12.CCOC(=O)c1c(-c2ccc(F)cc2)oc2cc([N+](=O)[O-])c(OC(C)C)cc12. The molecule has 14 heteroatoms. The summed E-state index contributed by atoms with van der Waals surface area (Å²) in [6.45, 7) is 11.1. The van der Waals surface area contributed by atoms with Gasteiger partial charge in [0.15, 0.2) is 5.75 Å². The lowest BCUT2D eigenvalue weighted by molar-refractivity contribution is -0.385. The number of rotatable bonds is 11. The molecule has 0 unspecified atom stereocenters. The zero-order valence-electron chi connectivity index (χ0n) is 31.4. The van der Waals surface area contributed by atoms with E-state index >= 15 is 0 Å². The highest BCUT2D eigenvalue weighted by Crippen LogP contribution is 2.42. The number of ether oxygens (including phenoxy) is 4. The van der Waals surface area contributed by atoms with Gasteiger partial charge in [0.05, 0.1) is 41.9 Å². The van der Waals surface area contributed by atoms with Gasteiger partial charge in [0.25, 0.3) is 0 Å². The van der Waals surface area contributed by atoms with Gasteiger partial charge in [-0.25, -0.2) is 18.4 Å². The van der Waals surface area contributed by atoms with Crippen molar-refractivity contribution in [2.45, 2.75) is 53.8 Å². The van der Waals surface area contributed by atoms with Crippen molar-refractivity contribution < 1.29 is 51.1 Å². The fourth-order valence-corrected chi connectivity index (χ4v) is 6.12. The third-order valence-corrected chi connectivity index (χ3v) is 8.32. The van der Waals surface area contributed by atoms with Crippen LogP contribution in [0, 0.1) is 21.7 Å². The maximum atomic E-state index is 13.4. The molecule has 0 atom stereocenters. The van der Waals surface area contributed by atoms with Crippen molar-refractivity contribution in [3.63, 3.8) is 0 Å². The minimum absolute atomic E-state index is 0.0181. The first-order valence-electron chi connectivity index (χ1n) is 17.8. The van der Waals surface area contributed by atoms with Crippen LogP contribution in [0.4, 0.5) is 14.5 Å². The number of nitrogens with zero attached hydrogens (tertiary/aromatic N) is 1. The quantitative estimate of drug-likeness (QED) is 0.0763. The van der Waals surface area contributed by atoms with Crippen LogP contribution in [0.1, 0.15) is 62.3 Å². The first-order valence-corrected chi connectivity index (χ1v) is 17.8. The molecule has 0 amide bonds. The number of hydrogen-bond donors (Lipinski definition) is 1. The number of H-pyrrole nitrogens is 1. The summed E-state index contributed by atoms with van der Waals surface area (Å²) < 4.78 is 60.5. The van der Waals surface area contributed by atoms with Gasteiger partial charge in [-0.05, 0) is 108 Å². The molecule has 0 aliphatic rings. The standard InChI is InChI=1S/C22H20FNO4.C20H18FNO6/c1-4-26-22(25)18-16-11-17(27-12(2)3)19-15(9-10-24-19)21(16)28-20(18)13-5-7-14(23)8-6-13;1-4-26-20(23)18-14-9-17(27-11(2)3)15(22(24)25)10-16(14)28-19(18)12-5-7-13(21)8-6-12/h5-12,24H,4H2,1-3H3;5-11H,4H2,1-3H3. The Bertz CT molecular complexity index is 2550. The third-order valence-electron chi connectivity index (χ3n) is 8.32. The molecule has 12 nitrogen and oxygen atoms in total. The molecular formula is C42H38F2N2O10. The molecule has 1 N–H and O–H groups in total. The van der Waals surface area contributed by atoms with Crippen molar-refractivity contribution in [3.8, 4) is 34.1 Å². The number of carbonyl (C=O) groups is 2. The monoisotopic (exact) mass is 768 g/mol. The third kappa shape index (κ3) is 7.90. The molecule has 0 radical (unpaired) electrons. The number of furan rings is 2. The van der Waals surface area contributed by atoms with Crippen molar-refractivity contribution in [1.82, 2.24) is 4.98 Å². The van der Waals surface area contributed by atoms with E-state index in [1.54, 1.807) is 52.1 Å². The van der Waals surface area contributed by atoms with Gasteiger partial charge in [0.1, 0.15) is 51.2 Å². The van der Waals surface area contributed by atoms with Crippen molar-refractivity contribution in [3.05, 3.63) is 112 Å². The Labute approximate surface area is 319 Å². The van der Waals surface area contributed by atoms with Crippen LogP contribution in [-0.2, 0) is 9.47 Å². The highest BCUT2D eigenvalue weighted by Gasteiger charge is 2.29. The van der Waals surface area contributed by atoms with E-state index in [4.69, 9.17) is 27.8 Å². The number of nitrogens with one attached hydrogen (secondary N) is 1. The summed E-state index contributed by atoms with van der Waals surface area (Å²) in [7, 11) is 0. The Hall–Kier alpha value is -6.70. The van der Waals surface area contributed by atoms with Crippen molar-refractivity contribution >= 4 is 50.5 Å². The number of aromatic nitrogens is 1. The second-order valence-corrected chi connectivity index (χ2v) is 13.0. The highest BCUT2D eigenvalue weighted by atomic mass is 19.1. The molecule has 0 saturated carbocycles. The van der Waals surface area contributed by atoms with Crippen LogP contribution in [0.25, 0.3) is 55.5 Å². The number of nitro groups is 1. The molecule has 0 saturated heterocycles. The number of carbonyl (C=O) groups excluding carboxylic acids is 2. The van der Waals surface area contributed by atoms with Crippen molar-refractivity contribution in [2.24, 2.45) is 0 Å². The van der Waals surface area contributed by atoms with Crippen LogP contribution in [0.15, 0.2) is 87.8 Å². The number of esters is 2. The molecule has 56 heavy (non-hydrogen) atoms. The van der Waals surface area contributed by atoms with Crippen molar-refractivity contribution in [2.75, 3.05) is 13.2 Å². The van der Waals surface area contributed by atoms with Crippen LogP contribution in [0.3, 0.4) is 0 Å². The first kappa shape index (κ1) is 39.0. The van der Waals surface area contributed by atoms with Crippen LogP contribution in [0.5, 0.6) is 11.5 Å². The summed E-state index contributed by atoms with van der Waals surface area (Å²) in [5, 5.41) is 13.1. The van der Waals surface area contributed by atoms with Crippen LogP contribution < -0.4 is 9.47 Å². The normalized spacial score (nSPS) is 11.2. The molecule has 0 aliphatic carbocycles. The zero-order valence-corrected chi connectivity index (χ0v) is 31.4. The summed E-state index contributed by atoms with van der Waals surface area (Å²) in [6, 6.07) is 17.5. The van der Waals surface area contributed by atoms with Gasteiger partial charge in [-0.2, -0.15) is 0 Å². The fraction of sp³-hybridized carbons (Fsp3) is 0.238. The Morgan fingerprint density at radius 2 is 1.21 bits per heavy atom. The van der Waals surface area contributed by atoms with E-state index < -0.39 is 22.7 Å². The van der Waals surface area contributed by atoms with Gasteiger partial charge in [0.2, 0.25) is 0 Å². The van der Waals surface area contributed by atoms with Gasteiger partial charge in [-0.15, -0.1) is 0 Å².